The summed E-state index contributed by atoms with van der Waals surface area (Å²) < 4.78 is 5.31. The number of Topliss-reactive ketones (excluding diaryl/α,β-unsaturated/α-hetero) is 1. The maximum Gasteiger partial charge on any atom is 0.301 e. The van der Waals surface area contributed by atoms with Gasteiger partial charge in [-0.1, -0.05) is 35.9 Å². The van der Waals surface area contributed by atoms with Crippen LogP contribution >= 0.6 is 22.9 Å². The Morgan fingerprint density at radius 1 is 1.17 bits per heavy atom. The van der Waals surface area contributed by atoms with E-state index in [0.29, 0.717) is 27.0 Å². The first-order chi connectivity index (χ1) is 14.0. The summed E-state index contributed by atoms with van der Waals surface area (Å²) in [5.41, 5.74) is 0.920. The van der Waals surface area contributed by atoms with Gasteiger partial charge >= 0.3 is 5.91 Å². The van der Waals surface area contributed by atoms with Gasteiger partial charge in [-0.25, -0.2) is 4.98 Å². The van der Waals surface area contributed by atoms with Gasteiger partial charge in [-0.3, -0.25) is 14.5 Å². The van der Waals surface area contributed by atoms with Crippen molar-refractivity contribution < 1.29 is 19.4 Å². The molecule has 3 aromatic rings. The second kappa shape index (κ2) is 7.69. The van der Waals surface area contributed by atoms with Crippen molar-refractivity contribution in [3.05, 3.63) is 81.8 Å². The standard InChI is InChI=1S/C21H15ClN2O4S/c1-28-15-5-3-2-4-14(15)18(25)16-17(12-6-8-13(22)9-7-12)24(20(27)19(16)26)21-23-10-11-29-21/h2-11,17,25H,1H3. The van der Waals surface area contributed by atoms with Gasteiger partial charge < -0.3 is 9.84 Å². The summed E-state index contributed by atoms with van der Waals surface area (Å²) in [6.07, 6.45) is 1.55. The van der Waals surface area contributed by atoms with Crippen molar-refractivity contribution in [3.63, 3.8) is 0 Å². The molecule has 0 saturated carbocycles. The summed E-state index contributed by atoms with van der Waals surface area (Å²) in [6.45, 7) is 0. The highest BCUT2D eigenvalue weighted by Gasteiger charge is 2.48. The highest BCUT2D eigenvalue weighted by atomic mass is 35.5. The fraction of sp³-hybridized carbons (Fsp3) is 0.0952. The summed E-state index contributed by atoms with van der Waals surface area (Å²) in [5.74, 6) is -1.46. The first-order valence-electron chi connectivity index (χ1n) is 8.62. The zero-order chi connectivity index (χ0) is 20.5. The van der Waals surface area contributed by atoms with Crippen molar-refractivity contribution in [2.24, 2.45) is 0 Å². The lowest BCUT2D eigenvalue weighted by atomic mass is 9.95. The zero-order valence-corrected chi connectivity index (χ0v) is 16.8. The number of benzene rings is 2. The van der Waals surface area contributed by atoms with Gasteiger partial charge in [0.15, 0.2) is 5.13 Å². The number of carbonyl (C=O) groups is 2. The molecule has 0 spiro atoms. The van der Waals surface area contributed by atoms with Crippen molar-refractivity contribution >= 4 is 45.5 Å². The van der Waals surface area contributed by atoms with Crippen molar-refractivity contribution in [2.75, 3.05) is 12.0 Å². The Labute approximate surface area is 175 Å². The molecule has 8 heteroatoms. The lowest BCUT2D eigenvalue weighted by Crippen LogP contribution is -2.29. The van der Waals surface area contributed by atoms with E-state index in [1.54, 1.807) is 60.1 Å². The second-order valence-electron chi connectivity index (χ2n) is 6.24. The molecule has 1 unspecified atom stereocenters. The Bertz CT molecular complexity index is 1110. The molecule has 1 fully saturated rings. The van der Waals surface area contributed by atoms with E-state index in [2.05, 4.69) is 4.98 Å². The number of para-hydroxylation sites is 1. The van der Waals surface area contributed by atoms with Gasteiger partial charge in [0, 0.05) is 16.6 Å². The number of amides is 1. The average molecular weight is 427 g/mol. The molecule has 1 atom stereocenters. The minimum absolute atomic E-state index is 0.0305. The smallest absolute Gasteiger partial charge is 0.301 e. The molecule has 6 nitrogen and oxygen atoms in total. The Kier molecular flexibility index (Phi) is 5.08. The fourth-order valence-corrected chi connectivity index (χ4v) is 4.10. The van der Waals surface area contributed by atoms with Gasteiger partial charge in [-0.2, -0.15) is 0 Å². The molecule has 1 N–H and O–H groups in total. The summed E-state index contributed by atoms with van der Waals surface area (Å²) >= 11 is 7.24. The monoisotopic (exact) mass is 426 g/mol. The topological polar surface area (TPSA) is 79.7 Å². The van der Waals surface area contributed by atoms with E-state index in [9.17, 15) is 14.7 Å². The van der Waals surface area contributed by atoms with Crippen LogP contribution in [0.5, 0.6) is 5.75 Å². The van der Waals surface area contributed by atoms with Gasteiger partial charge in [-0.15, -0.1) is 11.3 Å². The number of methoxy groups -OCH3 is 1. The number of thiazole rings is 1. The number of nitrogens with zero attached hydrogens (tertiary/aromatic N) is 2. The summed E-state index contributed by atoms with van der Waals surface area (Å²) in [5, 5.41) is 13.7. The molecule has 0 radical (unpaired) electrons. The van der Waals surface area contributed by atoms with E-state index in [1.807, 2.05) is 0 Å². The third kappa shape index (κ3) is 3.28. The molecule has 2 heterocycles. The maximum atomic E-state index is 13.0. The minimum Gasteiger partial charge on any atom is -0.507 e. The number of aromatic nitrogens is 1. The molecular weight excluding hydrogens is 412 g/mol. The van der Waals surface area contributed by atoms with Crippen LogP contribution in [0.2, 0.25) is 5.02 Å². The van der Waals surface area contributed by atoms with Crippen LogP contribution in [-0.4, -0.2) is 28.9 Å². The molecule has 0 aliphatic carbocycles. The van der Waals surface area contributed by atoms with Crippen LogP contribution in [0.15, 0.2) is 65.7 Å². The summed E-state index contributed by atoms with van der Waals surface area (Å²) in [6, 6.07) is 12.7. The van der Waals surface area contributed by atoms with Crippen LogP contribution in [0.1, 0.15) is 17.2 Å². The molecule has 2 aromatic carbocycles. The number of ketones is 1. The molecule has 4 rings (SSSR count). The van der Waals surface area contributed by atoms with Crippen molar-refractivity contribution in [2.45, 2.75) is 6.04 Å². The zero-order valence-electron chi connectivity index (χ0n) is 15.2. The first-order valence-corrected chi connectivity index (χ1v) is 9.88. The fourth-order valence-electron chi connectivity index (χ4n) is 3.31. The Morgan fingerprint density at radius 2 is 1.90 bits per heavy atom. The Morgan fingerprint density at radius 3 is 2.55 bits per heavy atom. The third-order valence-corrected chi connectivity index (χ3v) is 5.64. The van der Waals surface area contributed by atoms with Crippen LogP contribution in [0.3, 0.4) is 0 Å². The maximum absolute atomic E-state index is 13.0. The number of rotatable bonds is 4. The molecule has 0 bridgehead atoms. The van der Waals surface area contributed by atoms with Crippen molar-refractivity contribution in [1.29, 1.82) is 0 Å². The number of hydrogen-bond acceptors (Lipinski definition) is 6. The van der Waals surface area contributed by atoms with E-state index in [0.717, 1.165) is 0 Å². The quantitative estimate of drug-likeness (QED) is 0.379. The van der Waals surface area contributed by atoms with Gasteiger partial charge in [-0.05, 0) is 29.8 Å². The first kappa shape index (κ1) is 19.2. The molecule has 146 valence electrons. The number of ether oxygens (including phenoxy) is 1. The van der Waals surface area contributed by atoms with E-state index in [4.69, 9.17) is 16.3 Å². The number of aliphatic hydroxyl groups excluding tert-OH is 1. The average Bonchev–Trinajstić information content (AvgIpc) is 3.35. The highest BCUT2D eigenvalue weighted by molar-refractivity contribution is 7.14. The van der Waals surface area contributed by atoms with Crippen LogP contribution in [0.4, 0.5) is 5.13 Å². The van der Waals surface area contributed by atoms with Gasteiger partial charge in [0.05, 0.1) is 24.3 Å². The molecule has 1 saturated heterocycles. The molecule has 1 aliphatic rings. The van der Waals surface area contributed by atoms with Crippen molar-refractivity contribution in [1.82, 2.24) is 4.98 Å². The summed E-state index contributed by atoms with van der Waals surface area (Å²) in [7, 11) is 1.47. The number of aliphatic hydroxyl groups is 1. The predicted octanol–water partition coefficient (Wildman–Crippen LogP) is 4.43. The number of anilines is 1. The van der Waals surface area contributed by atoms with Crippen molar-refractivity contribution in [3.8, 4) is 5.75 Å². The van der Waals surface area contributed by atoms with Crippen LogP contribution in [-0.2, 0) is 9.59 Å². The van der Waals surface area contributed by atoms with Crippen LogP contribution in [0, 0.1) is 0 Å². The van der Waals surface area contributed by atoms with E-state index in [1.165, 1.54) is 23.3 Å². The second-order valence-corrected chi connectivity index (χ2v) is 7.55. The van der Waals surface area contributed by atoms with E-state index >= 15 is 0 Å². The number of hydrogen-bond donors (Lipinski definition) is 1. The third-order valence-electron chi connectivity index (χ3n) is 4.62. The largest absolute Gasteiger partial charge is 0.507 e. The van der Waals surface area contributed by atoms with Crippen LogP contribution < -0.4 is 9.64 Å². The van der Waals surface area contributed by atoms with E-state index in [-0.39, 0.29) is 11.3 Å². The van der Waals surface area contributed by atoms with Gasteiger partial charge in [0.1, 0.15) is 11.5 Å². The molecular formula is C21H15ClN2O4S. The number of halogens is 1. The molecule has 1 amide bonds. The molecule has 1 aliphatic heterocycles. The lowest BCUT2D eigenvalue weighted by Gasteiger charge is -2.23. The Balaban J connectivity index is 1.96. The van der Waals surface area contributed by atoms with Gasteiger partial charge in [0.2, 0.25) is 0 Å². The number of carbonyl (C=O) groups excluding carboxylic acids is 2. The highest BCUT2D eigenvalue weighted by Crippen LogP contribution is 2.43. The minimum atomic E-state index is -0.844. The van der Waals surface area contributed by atoms with E-state index < -0.39 is 17.7 Å². The normalized spacial score (nSPS) is 18.3. The Hall–Kier alpha value is -3.16. The molecule has 1 aromatic heterocycles. The summed E-state index contributed by atoms with van der Waals surface area (Å²) in [4.78, 5) is 31.4. The van der Waals surface area contributed by atoms with Crippen LogP contribution in [0.25, 0.3) is 5.76 Å². The van der Waals surface area contributed by atoms with Gasteiger partial charge in [0.25, 0.3) is 5.78 Å². The predicted molar refractivity (Wildman–Crippen MR) is 111 cm³/mol. The molecule has 29 heavy (non-hydrogen) atoms. The SMILES string of the molecule is COc1ccccc1C(O)=C1C(=O)C(=O)N(c2nccs2)C1c1ccc(Cl)cc1. The lowest BCUT2D eigenvalue weighted by molar-refractivity contribution is -0.132.